The summed E-state index contributed by atoms with van der Waals surface area (Å²) < 4.78 is 5.23. The molecule has 0 spiro atoms. The normalized spacial score (nSPS) is 39.6. The Balaban J connectivity index is 2.30. The Bertz CT molecular complexity index is 239. The summed E-state index contributed by atoms with van der Waals surface area (Å²) in [5.41, 5.74) is -0.451. The number of carbonyl (C=O) groups excluding carboxylic acids is 1. The largest absolute Gasteiger partial charge is 0.437 e. The molecule has 0 saturated carbocycles. The lowest BCUT2D eigenvalue weighted by Gasteiger charge is -2.23. The Morgan fingerprint density at radius 3 is 3.25 bits per heavy atom. The molecule has 2 heterocycles. The van der Waals surface area contributed by atoms with Gasteiger partial charge in [-0.3, -0.25) is 0 Å². The molecule has 0 aromatic rings. The van der Waals surface area contributed by atoms with E-state index in [0.29, 0.717) is 0 Å². The zero-order valence-corrected chi connectivity index (χ0v) is 7.25. The molecule has 66 valence electrons. The number of ether oxygens (including phenoxy) is 1. The summed E-state index contributed by atoms with van der Waals surface area (Å²) in [5.74, 6) is 0. The second kappa shape index (κ2) is 2.25. The number of carbonyl (C=O) groups is 1. The summed E-state index contributed by atoms with van der Waals surface area (Å²) in [7, 11) is 0. The number of hydrogen-bond acceptors (Lipinski definition) is 2. The van der Waals surface area contributed by atoms with Crippen molar-refractivity contribution in [2.24, 2.45) is 0 Å². The molecule has 0 unspecified atom stereocenters. The number of fused-ring (bicyclic) bond motifs is 1. The number of amides is 1. The van der Waals surface area contributed by atoms with Crippen molar-refractivity contribution in [2.45, 2.75) is 31.4 Å². The first-order valence-corrected chi connectivity index (χ1v) is 4.30. The molecular formula is C9H13NO2. The van der Waals surface area contributed by atoms with Gasteiger partial charge in [-0.2, -0.15) is 0 Å². The van der Waals surface area contributed by atoms with Gasteiger partial charge >= 0.3 is 6.09 Å². The lowest BCUT2D eigenvalue weighted by molar-refractivity contribution is 0.0900. The average Bonchev–Trinajstić information content (AvgIpc) is 2.58. The van der Waals surface area contributed by atoms with Gasteiger partial charge in [-0.15, -0.1) is 0 Å². The van der Waals surface area contributed by atoms with Crippen molar-refractivity contribution in [3.05, 3.63) is 12.7 Å². The minimum atomic E-state index is -0.451. The van der Waals surface area contributed by atoms with Crippen LogP contribution >= 0.6 is 0 Å². The molecule has 3 nitrogen and oxygen atoms in total. The van der Waals surface area contributed by atoms with Crippen LogP contribution in [0.5, 0.6) is 0 Å². The molecule has 0 aromatic carbocycles. The van der Waals surface area contributed by atoms with Gasteiger partial charge in [0.2, 0.25) is 0 Å². The van der Waals surface area contributed by atoms with E-state index in [9.17, 15) is 4.79 Å². The van der Waals surface area contributed by atoms with Gasteiger partial charge in [-0.25, -0.2) is 4.79 Å². The molecule has 2 aliphatic rings. The van der Waals surface area contributed by atoms with Crippen molar-refractivity contribution in [1.82, 2.24) is 4.90 Å². The zero-order chi connectivity index (χ0) is 8.77. The van der Waals surface area contributed by atoms with Crippen molar-refractivity contribution in [3.63, 3.8) is 0 Å². The molecule has 12 heavy (non-hydrogen) atoms. The number of nitrogens with zero attached hydrogens (tertiary/aromatic N) is 1. The molecule has 2 fully saturated rings. The first-order valence-electron chi connectivity index (χ1n) is 4.30. The maximum atomic E-state index is 11.3. The Kier molecular flexibility index (Phi) is 1.43. The van der Waals surface area contributed by atoms with E-state index < -0.39 is 5.60 Å². The van der Waals surface area contributed by atoms with E-state index in [4.69, 9.17) is 4.74 Å². The van der Waals surface area contributed by atoms with Crippen LogP contribution in [0.25, 0.3) is 0 Å². The lowest BCUT2D eigenvalue weighted by atomic mass is 9.95. The monoisotopic (exact) mass is 167 g/mol. The van der Waals surface area contributed by atoms with Crippen LogP contribution in [0.3, 0.4) is 0 Å². The Morgan fingerprint density at radius 2 is 2.58 bits per heavy atom. The molecule has 0 aromatic heterocycles. The van der Waals surface area contributed by atoms with Gasteiger partial charge < -0.3 is 9.64 Å². The first kappa shape index (κ1) is 7.65. The highest BCUT2D eigenvalue weighted by atomic mass is 16.6. The van der Waals surface area contributed by atoms with E-state index in [1.54, 1.807) is 6.08 Å². The molecule has 2 atom stereocenters. The lowest BCUT2D eigenvalue weighted by Crippen LogP contribution is -2.37. The standard InChI is InChI=1S/C9H13NO2/c1-3-9(2)7-5-4-6-10(7)8(11)12-9/h3,7H,1,4-6H2,2H3/t7-,9+/m0/s1. The zero-order valence-electron chi connectivity index (χ0n) is 7.25. The molecule has 2 saturated heterocycles. The Labute approximate surface area is 72.0 Å². The molecule has 0 aliphatic carbocycles. The van der Waals surface area contributed by atoms with Crippen LogP contribution in [0.4, 0.5) is 4.79 Å². The van der Waals surface area contributed by atoms with Gasteiger partial charge in [0.1, 0.15) is 5.60 Å². The van der Waals surface area contributed by atoms with Crippen LogP contribution in [-0.4, -0.2) is 29.2 Å². The summed E-state index contributed by atoms with van der Waals surface area (Å²) in [4.78, 5) is 13.1. The van der Waals surface area contributed by atoms with E-state index in [2.05, 4.69) is 6.58 Å². The third-order valence-corrected chi connectivity index (χ3v) is 2.86. The van der Waals surface area contributed by atoms with Crippen LogP contribution in [0.2, 0.25) is 0 Å². The number of cyclic esters (lactones) is 1. The van der Waals surface area contributed by atoms with Crippen LogP contribution in [0.15, 0.2) is 12.7 Å². The van der Waals surface area contributed by atoms with Gasteiger partial charge in [0.05, 0.1) is 6.04 Å². The van der Waals surface area contributed by atoms with Gasteiger partial charge in [0, 0.05) is 6.54 Å². The highest BCUT2D eigenvalue weighted by molar-refractivity contribution is 5.72. The SMILES string of the molecule is C=C[C@@]1(C)OC(=O)N2CCC[C@H]21. The fourth-order valence-electron chi connectivity index (χ4n) is 2.07. The smallest absolute Gasteiger partial charge is 0.411 e. The summed E-state index contributed by atoms with van der Waals surface area (Å²) in [5, 5.41) is 0. The molecule has 1 amide bonds. The molecular weight excluding hydrogens is 154 g/mol. The fourth-order valence-corrected chi connectivity index (χ4v) is 2.07. The molecule has 0 bridgehead atoms. The summed E-state index contributed by atoms with van der Waals surface area (Å²) in [6.45, 7) is 6.47. The Morgan fingerprint density at radius 1 is 1.83 bits per heavy atom. The predicted octanol–water partition coefficient (Wildman–Crippen LogP) is 1.55. The van der Waals surface area contributed by atoms with Crippen molar-refractivity contribution in [3.8, 4) is 0 Å². The highest BCUT2D eigenvalue weighted by Gasteiger charge is 2.50. The average molecular weight is 167 g/mol. The van der Waals surface area contributed by atoms with Crippen molar-refractivity contribution in [2.75, 3.05) is 6.54 Å². The Hall–Kier alpha value is -0.990. The van der Waals surface area contributed by atoms with Crippen molar-refractivity contribution in [1.29, 1.82) is 0 Å². The maximum absolute atomic E-state index is 11.3. The van der Waals surface area contributed by atoms with E-state index in [0.717, 1.165) is 19.4 Å². The van der Waals surface area contributed by atoms with Crippen molar-refractivity contribution < 1.29 is 9.53 Å². The van der Waals surface area contributed by atoms with E-state index in [1.807, 2.05) is 11.8 Å². The summed E-state index contributed by atoms with van der Waals surface area (Å²) >= 11 is 0. The van der Waals surface area contributed by atoms with Gasteiger partial charge in [-0.05, 0) is 25.8 Å². The van der Waals surface area contributed by atoms with Crippen LogP contribution in [-0.2, 0) is 4.74 Å². The summed E-state index contributed by atoms with van der Waals surface area (Å²) in [6.07, 6.45) is 3.68. The van der Waals surface area contributed by atoms with E-state index in [-0.39, 0.29) is 12.1 Å². The quantitative estimate of drug-likeness (QED) is 0.554. The highest BCUT2D eigenvalue weighted by Crippen LogP contribution is 2.37. The molecule has 3 heteroatoms. The van der Waals surface area contributed by atoms with Crippen LogP contribution in [0.1, 0.15) is 19.8 Å². The second-order valence-electron chi connectivity index (χ2n) is 3.61. The molecule has 0 N–H and O–H groups in total. The third kappa shape index (κ3) is 0.792. The predicted molar refractivity (Wildman–Crippen MR) is 44.8 cm³/mol. The van der Waals surface area contributed by atoms with Gasteiger partial charge in [-0.1, -0.05) is 6.58 Å². The maximum Gasteiger partial charge on any atom is 0.411 e. The minimum Gasteiger partial charge on any atom is -0.437 e. The number of rotatable bonds is 1. The number of hydrogen-bond donors (Lipinski definition) is 0. The minimum absolute atomic E-state index is 0.181. The van der Waals surface area contributed by atoms with Gasteiger partial charge in [0.25, 0.3) is 0 Å². The summed E-state index contributed by atoms with van der Waals surface area (Å²) in [6, 6.07) is 0.225. The molecule has 0 radical (unpaired) electrons. The first-order chi connectivity index (χ1) is 5.67. The third-order valence-electron chi connectivity index (χ3n) is 2.86. The second-order valence-corrected chi connectivity index (χ2v) is 3.61. The van der Waals surface area contributed by atoms with E-state index >= 15 is 0 Å². The van der Waals surface area contributed by atoms with E-state index in [1.165, 1.54) is 0 Å². The molecule has 2 rings (SSSR count). The topological polar surface area (TPSA) is 29.5 Å². The van der Waals surface area contributed by atoms with Crippen LogP contribution in [0, 0.1) is 0 Å². The van der Waals surface area contributed by atoms with Crippen LogP contribution < -0.4 is 0 Å². The van der Waals surface area contributed by atoms with Gasteiger partial charge in [0.15, 0.2) is 0 Å². The fraction of sp³-hybridized carbons (Fsp3) is 0.667. The molecule has 2 aliphatic heterocycles. The van der Waals surface area contributed by atoms with Crippen molar-refractivity contribution >= 4 is 6.09 Å².